The molecule has 1 aromatic rings. The van der Waals surface area contributed by atoms with E-state index in [1.165, 1.54) is 12.8 Å². The number of likely N-dealkylation sites (tertiary alicyclic amines) is 1. The Balaban J connectivity index is 1.61. The first kappa shape index (κ1) is 13.4. The minimum absolute atomic E-state index is 0.0162. The summed E-state index contributed by atoms with van der Waals surface area (Å²) in [6.07, 6.45) is 6.24. The van der Waals surface area contributed by atoms with E-state index >= 15 is 0 Å². The van der Waals surface area contributed by atoms with Crippen LogP contribution >= 0.6 is 0 Å². The Morgan fingerprint density at radius 3 is 2.90 bits per heavy atom. The van der Waals surface area contributed by atoms with Crippen LogP contribution in [-0.4, -0.2) is 41.5 Å². The molecule has 5 heteroatoms. The van der Waals surface area contributed by atoms with Crippen molar-refractivity contribution >= 4 is 5.91 Å². The standard InChI is InChI=1S/C15H21N3O2/c1-20-14-7-4-11(9-16-14)10-18-8-2-3-13(15(18)19)17-12-5-6-12/h4,7,9,12-13,17H,2-3,5-6,8,10H2,1H3. The van der Waals surface area contributed by atoms with E-state index in [1.807, 2.05) is 17.0 Å². The first-order valence-corrected chi connectivity index (χ1v) is 7.30. The zero-order valence-corrected chi connectivity index (χ0v) is 11.8. The zero-order chi connectivity index (χ0) is 13.9. The van der Waals surface area contributed by atoms with E-state index in [4.69, 9.17) is 4.74 Å². The molecule has 2 fully saturated rings. The topological polar surface area (TPSA) is 54.5 Å². The van der Waals surface area contributed by atoms with Crippen molar-refractivity contribution < 1.29 is 9.53 Å². The van der Waals surface area contributed by atoms with E-state index in [2.05, 4.69) is 10.3 Å². The van der Waals surface area contributed by atoms with Gasteiger partial charge in [0.05, 0.1) is 13.2 Å². The highest BCUT2D eigenvalue weighted by Crippen LogP contribution is 2.23. The number of carbonyl (C=O) groups is 1. The minimum atomic E-state index is 0.0162. The molecule has 1 saturated heterocycles. The maximum Gasteiger partial charge on any atom is 0.240 e. The van der Waals surface area contributed by atoms with Crippen LogP contribution in [0.15, 0.2) is 18.3 Å². The molecule has 2 aliphatic rings. The number of ether oxygens (including phenoxy) is 1. The fourth-order valence-corrected chi connectivity index (χ4v) is 2.63. The highest BCUT2D eigenvalue weighted by Gasteiger charge is 2.33. The molecule has 1 aromatic heterocycles. The van der Waals surface area contributed by atoms with E-state index in [-0.39, 0.29) is 11.9 Å². The molecule has 0 bridgehead atoms. The van der Waals surface area contributed by atoms with E-state index in [0.29, 0.717) is 18.5 Å². The van der Waals surface area contributed by atoms with Gasteiger partial charge in [0.2, 0.25) is 11.8 Å². The minimum Gasteiger partial charge on any atom is -0.481 e. The maximum absolute atomic E-state index is 12.4. The number of hydrogen-bond acceptors (Lipinski definition) is 4. The van der Waals surface area contributed by atoms with Gasteiger partial charge >= 0.3 is 0 Å². The summed E-state index contributed by atoms with van der Waals surface area (Å²) < 4.78 is 5.05. The third kappa shape index (κ3) is 3.10. The fourth-order valence-electron chi connectivity index (χ4n) is 2.63. The number of aromatic nitrogens is 1. The molecule has 108 valence electrons. The predicted octanol–water partition coefficient (Wildman–Crippen LogP) is 1.33. The van der Waals surface area contributed by atoms with Gasteiger partial charge in [0.1, 0.15) is 0 Å². The summed E-state index contributed by atoms with van der Waals surface area (Å²) >= 11 is 0. The fraction of sp³-hybridized carbons (Fsp3) is 0.600. The first-order chi connectivity index (χ1) is 9.76. The molecule has 0 radical (unpaired) electrons. The summed E-state index contributed by atoms with van der Waals surface area (Å²) in [5.41, 5.74) is 1.05. The molecule has 1 amide bonds. The van der Waals surface area contributed by atoms with Crippen LogP contribution in [0.25, 0.3) is 0 Å². The second kappa shape index (κ2) is 5.79. The van der Waals surface area contributed by atoms with E-state index in [1.54, 1.807) is 13.3 Å². The molecule has 1 atom stereocenters. The highest BCUT2D eigenvalue weighted by molar-refractivity contribution is 5.82. The van der Waals surface area contributed by atoms with E-state index in [0.717, 1.165) is 24.9 Å². The third-order valence-electron chi connectivity index (χ3n) is 3.93. The van der Waals surface area contributed by atoms with Gasteiger partial charge in [0, 0.05) is 31.4 Å². The van der Waals surface area contributed by atoms with Gasteiger partial charge < -0.3 is 15.0 Å². The first-order valence-electron chi connectivity index (χ1n) is 7.30. The Labute approximate surface area is 119 Å². The lowest BCUT2D eigenvalue weighted by molar-refractivity contribution is -0.136. The number of carbonyl (C=O) groups excluding carboxylic acids is 1. The number of amides is 1. The van der Waals surface area contributed by atoms with Gasteiger partial charge in [-0.15, -0.1) is 0 Å². The van der Waals surface area contributed by atoms with Crippen LogP contribution in [0.4, 0.5) is 0 Å². The molecular formula is C15H21N3O2. The number of methoxy groups -OCH3 is 1. The van der Waals surface area contributed by atoms with Gasteiger partial charge in [-0.1, -0.05) is 6.07 Å². The largest absolute Gasteiger partial charge is 0.481 e. The van der Waals surface area contributed by atoms with Crippen LogP contribution in [0.3, 0.4) is 0 Å². The van der Waals surface area contributed by atoms with Crippen molar-refractivity contribution in [3.63, 3.8) is 0 Å². The van der Waals surface area contributed by atoms with Crippen molar-refractivity contribution in [1.82, 2.24) is 15.2 Å². The monoisotopic (exact) mass is 275 g/mol. The molecule has 3 rings (SSSR count). The molecule has 2 heterocycles. The number of hydrogen-bond donors (Lipinski definition) is 1. The smallest absolute Gasteiger partial charge is 0.240 e. The Morgan fingerprint density at radius 2 is 2.25 bits per heavy atom. The summed E-state index contributed by atoms with van der Waals surface area (Å²) in [5, 5.41) is 3.45. The number of nitrogens with zero attached hydrogens (tertiary/aromatic N) is 2. The quantitative estimate of drug-likeness (QED) is 0.881. The zero-order valence-electron chi connectivity index (χ0n) is 11.8. The average molecular weight is 275 g/mol. The van der Waals surface area contributed by atoms with Crippen LogP contribution in [0.1, 0.15) is 31.2 Å². The van der Waals surface area contributed by atoms with Crippen LogP contribution in [0.2, 0.25) is 0 Å². The van der Waals surface area contributed by atoms with E-state index < -0.39 is 0 Å². The van der Waals surface area contributed by atoms with Crippen molar-refractivity contribution in [2.45, 2.75) is 44.3 Å². The van der Waals surface area contributed by atoms with Gasteiger partial charge in [0.15, 0.2) is 0 Å². The number of nitrogens with one attached hydrogen (secondary N) is 1. The number of pyridine rings is 1. The summed E-state index contributed by atoms with van der Waals surface area (Å²) in [4.78, 5) is 18.6. The summed E-state index contributed by atoms with van der Waals surface area (Å²) in [7, 11) is 1.60. The molecule has 1 unspecified atom stereocenters. The Morgan fingerprint density at radius 1 is 1.40 bits per heavy atom. The van der Waals surface area contributed by atoms with Crippen LogP contribution < -0.4 is 10.1 Å². The third-order valence-corrected chi connectivity index (χ3v) is 3.93. The van der Waals surface area contributed by atoms with Gasteiger partial charge in [-0.25, -0.2) is 4.98 Å². The molecule has 0 spiro atoms. The van der Waals surface area contributed by atoms with Gasteiger partial charge in [-0.3, -0.25) is 4.79 Å². The number of piperidine rings is 1. The molecule has 5 nitrogen and oxygen atoms in total. The van der Waals surface area contributed by atoms with Crippen LogP contribution in [0, 0.1) is 0 Å². The van der Waals surface area contributed by atoms with Crippen molar-refractivity contribution in [1.29, 1.82) is 0 Å². The van der Waals surface area contributed by atoms with Gasteiger partial charge in [-0.2, -0.15) is 0 Å². The van der Waals surface area contributed by atoms with Crippen LogP contribution in [-0.2, 0) is 11.3 Å². The van der Waals surface area contributed by atoms with Crippen LogP contribution in [0.5, 0.6) is 5.88 Å². The normalized spacial score (nSPS) is 22.9. The molecule has 20 heavy (non-hydrogen) atoms. The second-order valence-corrected chi connectivity index (χ2v) is 5.60. The van der Waals surface area contributed by atoms with Gasteiger partial charge in [0.25, 0.3) is 0 Å². The molecule has 0 aromatic carbocycles. The highest BCUT2D eigenvalue weighted by atomic mass is 16.5. The lowest BCUT2D eigenvalue weighted by Crippen LogP contribution is -2.50. The maximum atomic E-state index is 12.4. The number of rotatable bonds is 5. The Kier molecular flexibility index (Phi) is 3.87. The SMILES string of the molecule is COc1ccc(CN2CCCC(NC3CC3)C2=O)cn1. The lowest BCUT2D eigenvalue weighted by atomic mass is 10.0. The van der Waals surface area contributed by atoms with Crippen molar-refractivity contribution in [2.75, 3.05) is 13.7 Å². The molecule has 1 N–H and O–H groups in total. The Hall–Kier alpha value is -1.62. The van der Waals surface area contributed by atoms with Gasteiger partial charge in [-0.05, 0) is 31.2 Å². The summed E-state index contributed by atoms with van der Waals surface area (Å²) in [5.74, 6) is 0.839. The lowest BCUT2D eigenvalue weighted by Gasteiger charge is -2.32. The molecule has 1 saturated carbocycles. The van der Waals surface area contributed by atoms with Crippen molar-refractivity contribution in [2.24, 2.45) is 0 Å². The predicted molar refractivity (Wildman–Crippen MR) is 75.4 cm³/mol. The van der Waals surface area contributed by atoms with Crippen molar-refractivity contribution in [3.05, 3.63) is 23.9 Å². The second-order valence-electron chi connectivity index (χ2n) is 5.60. The summed E-state index contributed by atoms with van der Waals surface area (Å²) in [6, 6.07) is 4.40. The molecule has 1 aliphatic heterocycles. The Bertz CT molecular complexity index is 471. The van der Waals surface area contributed by atoms with Crippen molar-refractivity contribution in [3.8, 4) is 5.88 Å². The summed E-state index contributed by atoms with van der Waals surface area (Å²) in [6.45, 7) is 1.48. The molecule has 1 aliphatic carbocycles. The average Bonchev–Trinajstić information content (AvgIpc) is 3.28. The molecular weight excluding hydrogens is 254 g/mol. The van der Waals surface area contributed by atoms with E-state index in [9.17, 15) is 4.79 Å².